The summed E-state index contributed by atoms with van der Waals surface area (Å²) in [6.45, 7) is 5.68. The lowest BCUT2D eigenvalue weighted by atomic mass is 10.2. The van der Waals surface area contributed by atoms with Crippen molar-refractivity contribution in [2.24, 2.45) is 0 Å². The van der Waals surface area contributed by atoms with E-state index in [1.807, 2.05) is 19.9 Å². The predicted molar refractivity (Wildman–Crippen MR) is 79.7 cm³/mol. The molecule has 0 aliphatic rings. The number of pyridine rings is 1. The van der Waals surface area contributed by atoms with Crippen molar-refractivity contribution in [3.8, 4) is 0 Å². The Hall–Kier alpha value is -2.28. The Labute approximate surface area is 126 Å². The minimum atomic E-state index is -0.519. The second-order valence-corrected chi connectivity index (χ2v) is 5.16. The van der Waals surface area contributed by atoms with Crippen molar-refractivity contribution in [2.45, 2.75) is 20.8 Å². The first-order chi connectivity index (χ1) is 10.0. The molecule has 2 aromatic rings. The van der Waals surface area contributed by atoms with Gasteiger partial charge in [-0.2, -0.15) is 0 Å². The van der Waals surface area contributed by atoms with Crippen LogP contribution in [0.3, 0.4) is 0 Å². The van der Waals surface area contributed by atoms with Gasteiger partial charge in [0.25, 0.3) is 5.91 Å². The van der Waals surface area contributed by atoms with Crippen LogP contribution >= 0.6 is 11.3 Å². The standard InChI is InChI=1S/C14H15N3O3S/c1-4-20-14(19)13-17-11(7-21-13)12(18)16-10-6-5-8(2)15-9(10)3/h5-7H,4H2,1-3H3,(H,16,18). The number of amides is 1. The molecule has 2 aromatic heterocycles. The minimum Gasteiger partial charge on any atom is -0.461 e. The molecule has 0 spiro atoms. The van der Waals surface area contributed by atoms with Crippen LogP contribution in [-0.4, -0.2) is 28.5 Å². The molecule has 2 heterocycles. The zero-order valence-electron chi connectivity index (χ0n) is 12.0. The number of aromatic nitrogens is 2. The third-order valence-corrected chi connectivity index (χ3v) is 3.48. The first kappa shape index (κ1) is 15.1. The Morgan fingerprint density at radius 2 is 2.05 bits per heavy atom. The van der Waals surface area contributed by atoms with Gasteiger partial charge in [0.1, 0.15) is 5.69 Å². The SMILES string of the molecule is CCOC(=O)c1nc(C(=O)Nc2ccc(C)nc2C)cs1. The number of ether oxygens (including phenoxy) is 1. The van der Waals surface area contributed by atoms with E-state index in [-0.39, 0.29) is 23.2 Å². The van der Waals surface area contributed by atoms with E-state index in [1.54, 1.807) is 13.0 Å². The van der Waals surface area contributed by atoms with Gasteiger partial charge in [0, 0.05) is 11.1 Å². The van der Waals surface area contributed by atoms with E-state index in [1.165, 1.54) is 5.38 Å². The van der Waals surface area contributed by atoms with Gasteiger partial charge >= 0.3 is 5.97 Å². The van der Waals surface area contributed by atoms with Crippen molar-refractivity contribution in [3.63, 3.8) is 0 Å². The first-order valence-electron chi connectivity index (χ1n) is 6.39. The summed E-state index contributed by atoms with van der Waals surface area (Å²) < 4.78 is 4.84. The number of aryl methyl sites for hydroxylation is 2. The zero-order chi connectivity index (χ0) is 15.4. The average Bonchev–Trinajstić information content (AvgIpc) is 2.92. The summed E-state index contributed by atoms with van der Waals surface area (Å²) in [6, 6.07) is 3.60. The van der Waals surface area contributed by atoms with Crippen molar-refractivity contribution in [3.05, 3.63) is 39.6 Å². The molecule has 0 aromatic carbocycles. The van der Waals surface area contributed by atoms with E-state index in [4.69, 9.17) is 4.74 Å². The lowest BCUT2D eigenvalue weighted by molar-refractivity contribution is 0.0526. The highest BCUT2D eigenvalue weighted by molar-refractivity contribution is 7.11. The minimum absolute atomic E-state index is 0.167. The molecular weight excluding hydrogens is 290 g/mol. The van der Waals surface area contributed by atoms with Crippen LogP contribution in [0.15, 0.2) is 17.5 Å². The summed E-state index contributed by atoms with van der Waals surface area (Å²) in [5, 5.41) is 4.42. The number of hydrogen-bond donors (Lipinski definition) is 1. The third kappa shape index (κ3) is 3.63. The van der Waals surface area contributed by atoms with Crippen molar-refractivity contribution in [1.82, 2.24) is 9.97 Å². The van der Waals surface area contributed by atoms with Crippen molar-refractivity contribution >= 4 is 28.9 Å². The third-order valence-electron chi connectivity index (χ3n) is 2.66. The van der Waals surface area contributed by atoms with E-state index in [0.29, 0.717) is 5.69 Å². The second-order valence-electron chi connectivity index (χ2n) is 4.30. The number of carbonyl (C=O) groups excluding carboxylic acids is 2. The molecule has 0 unspecified atom stereocenters. The largest absolute Gasteiger partial charge is 0.461 e. The molecule has 2 rings (SSSR count). The van der Waals surface area contributed by atoms with Gasteiger partial charge in [-0.25, -0.2) is 9.78 Å². The Kier molecular flexibility index (Phi) is 4.64. The maximum atomic E-state index is 12.1. The highest BCUT2D eigenvalue weighted by Gasteiger charge is 2.17. The van der Waals surface area contributed by atoms with Crippen LogP contribution in [0.25, 0.3) is 0 Å². The number of thiazole rings is 1. The molecule has 0 saturated carbocycles. The van der Waals surface area contributed by atoms with Crippen LogP contribution in [0.1, 0.15) is 38.6 Å². The molecule has 0 atom stereocenters. The molecule has 0 radical (unpaired) electrons. The molecule has 0 bridgehead atoms. The predicted octanol–water partition coefficient (Wildman–Crippen LogP) is 2.58. The lowest BCUT2D eigenvalue weighted by Gasteiger charge is -2.06. The van der Waals surface area contributed by atoms with Gasteiger partial charge < -0.3 is 10.1 Å². The fraction of sp³-hybridized carbons (Fsp3) is 0.286. The maximum absolute atomic E-state index is 12.1. The number of nitrogens with zero attached hydrogens (tertiary/aromatic N) is 2. The van der Waals surface area contributed by atoms with Crippen LogP contribution < -0.4 is 5.32 Å². The first-order valence-corrected chi connectivity index (χ1v) is 7.27. The van der Waals surface area contributed by atoms with Gasteiger partial charge in [0.2, 0.25) is 5.01 Å². The summed E-state index contributed by atoms with van der Waals surface area (Å²) in [4.78, 5) is 31.9. The molecular formula is C14H15N3O3S. The van der Waals surface area contributed by atoms with Gasteiger partial charge in [-0.05, 0) is 32.9 Å². The quantitative estimate of drug-likeness (QED) is 0.878. The highest BCUT2D eigenvalue weighted by Crippen LogP contribution is 2.16. The van der Waals surface area contributed by atoms with Crippen LogP contribution in [0.5, 0.6) is 0 Å². The van der Waals surface area contributed by atoms with E-state index in [2.05, 4.69) is 15.3 Å². The van der Waals surface area contributed by atoms with E-state index < -0.39 is 5.97 Å². The number of rotatable bonds is 4. The van der Waals surface area contributed by atoms with Gasteiger partial charge in [-0.15, -0.1) is 11.3 Å². The molecule has 0 aliphatic heterocycles. The highest BCUT2D eigenvalue weighted by atomic mass is 32.1. The molecule has 7 heteroatoms. The average molecular weight is 305 g/mol. The molecule has 0 aliphatic carbocycles. The Morgan fingerprint density at radius 3 is 2.71 bits per heavy atom. The van der Waals surface area contributed by atoms with Gasteiger partial charge in [-0.3, -0.25) is 9.78 Å². The number of carbonyl (C=O) groups is 2. The van der Waals surface area contributed by atoms with E-state index >= 15 is 0 Å². The summed E-state index contributed by atoms with van der Waals surface area (Å²) in [6.07, 6.45) is 0. The fourth-order valence-electron chi connectivity index (χ4n) is 1.67. The molecule has 1 N–H and O–H groups in total. The molecule has 1 amide bonds. The monoisotopic (exact) mass is 305 g/mol. The summed E-state index contributed by atoms with van der Waals surface area (Å²) in [7, 11) is 0. The molecule has 110 valence electrons. The van der Waals surface area contributed by atoms with Crippen LogP contribution in [0.2, 0.25) is 0 Å². The molecule has 6 nitrogen and oxygen atoms in total. The maximum Gasteiger partial charge on any atom is 0.367 e. The number of esters is 1. The topological polar surface area (TPSA) is 81.2 Å². The zero-order valence-corrected chi connectivity index (χ0v) is 12.8. The Bertz CT molecular complexity index is 682. The molecule has 0 fully saturated rings. The molecule has 21 heavy (non-hydrogen) atoms. The van der Waals surface area contributed by atoms with Crippen molar-refractivity contribution in [2.75, 3.05) is 11.9 Å². The normalized spacial score (nSPS) is 10.2. The Morgan fingerprint density at radius 1 is 1.29 bits per heavy atom. The smallest absolute Gasteiger partial charge is 0.367 e. The van der Waals surface area contributed by atoms with Crippen LogP contribution in [-0.2, 0) is 4.74 Å². The fourth-order valence-corrected chi connectivity index (χ4v) is 2.36. The summed E-state index contributed by atoms with van der Waals surface area (Å²) >= 11 is 1.08. The van der Waals surface area contributed by atoms with Gasteiger partial charge in [0.15, 0.2) is 0 Å². The van der Waals surface area contributed by atoms with Crippen molar-refractivity contribution in [1.29, 1.82) is 0 Å². The summed E-state index contributed by atoms with van der Waals surface area (Å²) in [5.74, 6) is -0.898. The van der Waals surface area contributed by atoms with Crippen LogP contribution in [0, 0.1) is 13.8 Å². The van der Waals surface area contributed by atoms with E-state index in [0.717, 1.165) is 22.7 Å². The van der Waals surface area contributed by atoms with Crippen LogP contribution in [0.4, 0.5) is 5.69 Å². The molecule has 0 saturated heterocycles. The van der Waals surface area contributed by atoms with Gasteiger partial charge in [-0.1, -0.05) is 0 Å². The second kappa shape index (κ2) is 6.45. The Balaban J connectivity index is 2.12. The van der Waals surface area contributed by atoms with Gasteiger partial charge in [0.05, 0.1) is 18.0 Å². The van der Waals surface area contributed by atoms with E-state index in [9.17, 15) is 9.59 Å². The summed E-state index contributed by atoms with van der Waals surface area (Å²) in [5.41, 5.74) is 2.41. The number of hydrogen-bond acceptors (Lipinski definition) is 6. The number of nitrogens with one attached hydrogen (secondary N) is 1. The van der Waals surface area contributed by atoms with Crippen molar-refractivity contribution < 1.29 is 14.3 Å². The number of anilines is 1. The lowest BCUT2D eigenvalue weighted by Crippen LogP contribution is -2.14.